The van der Waals surface area contributed by atoms with E-state index in [0.29, 0.717) is 10.7 Å². The average molecular weight is 344 g/mol. The van der Waals surface area contributed by atoms with Gasteiger partial charge in [-0.2, -0.15) is 5.10 Å². The number of halogens is 2. The van der Waals surface area contributed by atoms with Crippen molar-refractivity contribution in [2.24, 2.45) is 0 Å². The number of aliphatic hydroxyl groups is 1. The molecule has 1 unspecified atom stereocenters. The summed E-state index contributed by atoms with van der Waals surface area (Å²) in [4.78, 5) is 0. The van der Waals surface area contributed by atoms with Crippen LogP contribution in [0.4, 0.5) is 0 Å². The number of hydrogen-bond donors (Lipinski definition) is 1. The van der Waals surface area contributed by atoms with Crippen molar-refractivity contribution in [2.75, 3.05) is 0 Å². The van der Waals surface area contributed by atoms with E-state index in [4.69, 9.17) is 11.6 Å². The average Bonchev–Trinajstić information content (AvgIpc) is 2.70. The van der Waals surface area contributed by atoms with E-state index in [2.05, 4.69) is 21.0 Å². The molecule has 1 N–H and O–H groups in total. The molecule has 0 bridgehead atoms. The van der Waals surface area contributed by atoms with E-state index in [1.54, 1.807) is 10.9 Å². The second kappa shape index (κ2) is 5.65. The topological polar surface area (TPSA) is 38.1 Å². The van der Waals surface area contributed by atoms with Gasteiger partial charge in [-0.15, -0.1) is 0 Å². The maximum Gasteiger partial charge on any atom is 0.122 e. The number of benzene rings is 1. The monoisotopic (exact) mass is 342 g/mol. The van der Waals surface area contributed by atoms with Crippen molar-refractivity contribution in [3.05, 3.63) is 50.7 Å². The molecule has 102 valence electrons. The molecule has 3 nitrogen and oxygen atoms in total. The molecule has 2 rings (SSSR count). The van der Waals surface area contributed by atoms with Gasteiger partial charge in [-0.05, 0) is 44.0 Å². The van der Waals surface area contributed by atoms with E-state index in [0.717, 1.165) is 15.6 Å². The van der Waals surface area contributed by atoms with Crippen LogP contribution in [0.1, 0.15) is 42.8 Å². The third kappa shape index (κ3) is 2.86. The molecule has 1 atom stereocenters. The van der Waals surface area contributed by atoms with Crippen LogP contribution in [0.25, 0.3) is 0 Å². The smallest absolute Gasteiger partial charge is 0.122 e. The zero-order valence-electron chi connectivity index (χ0n) is 11.1. The fourth-order valence-electron chi connectivity index (χ4n) is 2.11. The molecule has 1 heterocycles. The number of nitrogens with zero attached hydrogens (tertiary/aromatic N) is 2. The van der Waals surface area contributed by atoms with E-state index in [1.807, 2.05) is 39.0 Å². The Morgan fingerprint density at radius 2 is 2.05 bits per heavy atom. The zero-order chi connectivity index (χ0) is 14.2. The lowest BCUT2D eigenvalue weighted by molar-refractivity contribution is 0.204. The molecule has 2 aromatic rings. The normalized spacial score (nSPS) is 13.0. The van der Waals surface area contributed by atoms with Crippen LogP contribution in [0, 0.1) is 6.92 Å². The Labute approximate surface area is 126 Å². The Morgan fingerprint density at radius 3 is 2.63 bits per heavy atom. The number of rotatable bonds is 3. The van der Waals surface area contributed by atoms with Crippen LogP contribution in [-0.4, -0.2) is 14.9 Å². The molecule has 0 saturated carbocycles. The summed E-state index contributed by atoms with van der Waals surface area (Å²) in [5, 5.41) is 15.3. The quantitative estimate of drug-likeness (QED) is 0.903. The van der Waals surface area contributed by atoms with E-state index >= 15 is 0 Å². The molecule has 0 aliphatic heterocycles. The summed E-state index contributed by atoms with van der Waals surface area (Å²) in [6.07, 6.45) is 0.805. The van der Waals surface area contributed by atoms with Gasteiger partial charge in [0.25, 0.3) is 0 Å². The minimum atomic E-state index is -0.773. The molecule has 0 aliphatic carbocycles. The molecule has 0 radical (unpaired) electrons. The van der Waals surface area contributed by atoms with Crippen molar-refractivity contribution in [1.29, 1.82) is 0 Å². The van der Waals surface area contributed by atoms with Gasteiger partial charge in [0.05, 0.1) is 16.9 Å². The SMILES string of the molecule is Cc1cc(Br)ccc1C(O)c1c(Cl)cnn1C(C)C. The second-order valence-electron chi connectivity index (χ2n) is 4.82. The van der Waals surface area contributed by atoms with Gasteiger partial charge in [0.2, 0.25) is 0 Å². The van der Waals surface area contributed by atoms with Crippen LogP contribution in [0.5, 0.6) is 0 Å². The van der Waals surface area contributed by atoms with E-state index in [9.17, 15) is 5.11 Å². The van der Waals surface area contributed by atoms with Gasteiger partial charge in [-0.25, -0.2) is 0 Å². The van der Waals surface area contributed by atoms with Gasteiger partial charge in [0.15, 0.2) is 0 Å². The molecule has 0 amide bonds. The first-order valence-electron chi connectivity index (χ1n) is 6.08. The standard InChI is InChI=1S/C14H16BrClN2O/c1-8(2)18-13(12(16)7-17-18)14(19)11-5-4-10(15)6-9(11)3/h4-8,14,19H,1-3H3. The van der Waals surface area contributed by atoms with Crippen molar-refractivity contribution in [3.63, 3.8) is 0 Å². The summed E-state index contributed by atoms with van der Waals surface area (Å²) in [5.74, 6) is 0. The highest BCUT2D eigenvalue weighted by Crippen LogP contribution is 2.32. The fourth-order valence-corrected chi connectivity index (χ4v) is 2.82. The maximum atomic E-state index is 10.6. The van der Waals surface area contributed by atoms with Crippen LogP contribution in [0.15, 0.2) is 28.9 Å². The molecule has 5 heteroatoms. The van der Waals surface area contributed by atoms with Crippen LogP contribution in [-0.2, 0) is 0 Å². The van der Waals surface area contributed by atoms with E-state index in [1.165, 1.54) is 0 Å². The number of aromatic nitrogens is 2. The Morgan fingerprint density at radius 1 is 1.37 bits per heavy atom. The van der Waals surface area contributed by atoms with Crippen molar-refractivity contribution in [3.8, 4) is 0 Å². The molecular weight excluding hydrogens is 328 g/mol. The van der Waals surface area contributed by atoms with Crippen LogP contribution < -0.4 is 0 Å². The van der Waals surface area contributed by atoms with Crippen molar-refractivity contribution in [1.82, 2.24) is 9.78 Å². The number of aliphatic hydroxyl groups excluding tert-OH is 1. The van der Waals surface area contributed by atoms with E-state index in [-0.39, 0.29) is 6.04 Å². The van der Waals surface area contributed by atoms with Gasteiger partial charge in [-0.3, -0.25) is 4.68 Å². The molecule has 19 heavy (non-hydrogen) atoms. The van der Waals surface area contributed by atoms with Crippen LogP contribution >= 0.6 is 27.5 Å². The summed E-state index contributed by atoms with van der Waals surface area (Å²) < 4.78 is 2.75. The molecule has 0 aliphatic rings. The fraction of sp³-hybridized carbons (Fsp3) is 0.357. The largest absolute Gasteiger partial charge is 0.382 e. The lowest BCUT2D eigenvalue weighted by Crippen LogP contribution is -2.13. The number of hydrogen-bond acceptors (Lipinski definition) is 2. The Kier molecular flexibility index (Phi) is 4.33. The molecule has 0 fully saturated rings. The molecule has 0 saturated heterocycles. The van der Waals surface area contributed by atoms with E-state index < -0.39 is 6.10 Å². The highest BCUT2D eigenvalue weighted by molar-refractivity contribution is 9.10. The first-order valence-corrected chi connectivity index (χ1v) is 7.26. The predicted molar refractivity (Wildman–Crippen MR) is 80.6 cm³/mol. The Bertz CT molecular complexity index is 595. The van der Waals surface area contributed by atoms with Crippen LogP contribution in [0.3, 0.4) is 0 Å². The zero-order valence-corrected chi connectivity index (χ0v) is 13.4. The number of aryl methyl sites for hydroxylation is 1. The third-order valence-corrected chi connectivity index (χ3v) is 3.85. The van der Waals surface area contributed by atoms with Crippen LogP contribution in [0.2, 0.25) is 5.02 Å². The molecule has 1 aromatic carbocycles. The molecule has 0 spiro atoms. The molecular formula is C14H16BrClN2O. The minimum Gasteiger partial charge on any atom is -0.382 e. The second-order valence-corrected chi connectivity index (χ2v) is 6.14. The summed E-state index contributed by atoms with van der Waals surface area (Å²) in [7, 11) is 0. The predicted octanol–water partition coefficient (Wildman–Crippen LogP) is 4.27. The van der Waals surface area contributed by atoms with Gasteiger partial charge in [-0.1, -0.05) is 33.6 Å². The van der Waals surface area contributed by atoms with Crippen molar-refractivity contribution in [2.45, 2.75) is 32.9 Å². The lowest BCUT2D eigenvalue weighted by Gasteiger charge is -2.18. The highest BCUT2D eigenvalue weighted by Gasteiger charge is 2.22. The summed E-state index contributed by atoms with van der Waals surface area (Å²) in [6.45, 7) is 5.98. The summed E-state index contributed by atoms with van der Waals surface area (Å²) >= 11 is 9.59. The first kappa shape index (κ1) is 14.6. The van der Waals surface area contributed by atoms with Gasteiger partial charge >= 0.3 is 0 Å². The Hall–Kier alpha value is -0.840. The Balaban J connectivity index is 2.49. The van der Waals surface area contributed by atoms with Crippen molar-refractivity contribution >= 4 is 27.5 Å². The van der Waals surface area contributed by atoms with Gasteiger partial charge in [0, 0.05) is 10.5 Å². The van der Waals surface area contributed by atoms with Crippen molar-refractivity contribution < 1.29 is 5.11 Å². The summed E-state index contributed by atoms with van der Waals surface area (Å²) in [5.41, 5.74) is 2.49. The molecule has 1 aromatic heterocycles. The van der Waals surface area contributed by atoms with Gasteiger partial charge < -0.3 is 5.11 Å². The highest BCUT2D eigenvalue weighted by atomic mass is 79.9. The maximum absolute atomic E-state index is 10.6. The minimum absolute atomic E-state index is 0.146. The summed E-state index contributed by atoms with van der Waals surface area (Å²) in [6, 6.07) is 5.93. The lowest BCUT2D eigenvalue weighted by atomic mass is 10.0. The first-order chi connectivity index (χ1) is 8.91. The van der Waals surface area contributed by atoms with Gasteiger partial charge in [0.1, 0.15) is 6.10 Å². The third-order valence-electron chi connectivity index (χ3n) is 3.06.